The standard InChI is InChI=1S/C14H11ClO2/c1-9-2-3-12(8-13(9)15)10-4-6-11(7-5-10)14(16)17/h2-8H,1H3,(H,16,17). The first-order valence-corrected chi connectivity index (χ1v) is 5.55. The highest BCUT2D eigenvalue weighted by Crippen LogP contribution is 2.25. The topological polar surface area (TPSA) is 37.3 Å². The number of halogens is 1. The van der Waals surface area contributed by atoms with Crippen molar-refractivity contribution in [1.29, 1.82) is 0 Å². The van der Waals surface area contributed by atoms with Gasteiger partial charge in [-0.05, 0) is 41.8 Å². The molecule has 3 heteroatoms. The lowest BCUT2D eigenvalue weighted by Gasteiger charge is -2.04. The number of hydrogen-bond donors (Lipinski definition) is 1. The van der Waals surface area contributed by atoms with Crippen molar-refractivity contribution in [3.8, 4) is 11.1 Å². The molecule has 0 aliphatic carbocycles. The maximum absolute atomic E-state index is 10.7. The molecule has 0 aliphatic rings. The molecule has 2 aromatic carbocycles. The summed E-state index contributed by atoms with van der Waals surface area (Å²) in [5, 5.41) is 9.52. The molecule has 0 heterocycles. The maximum atomic E-state index is 10.7. The summed E-state index contributed by atoms with van der Waals surface area (Å²) >= 11 is 6.05. The van der Waals surface area contributed by atoms with Crippen molar-refractivity contribution >= 4 is 17.6 Å². The lowest BCUT2D eigenvalue weighted by atomic mass is 10.0. The van der Waals surface area contributed by atoms with E-state index in [0.29, 0.717) is 5.02 Å². The molecule has 86 valence electrons. The third kappa shape index (κ3) is 2.48. The third-order valence-electron chi connectivity index (χ3n) is 2.64. The number of aromatic carboxylic acids is 1. The Bertz CT molecular complexity index is 559. The summed E-state index contributed by atoms with van der Waals surface area (Å²) in [7, 11) is 0. The molecule has 0 aromatic heterocycles. The second kappa shape index (κ2) is 4.60. The van der Waals surface area contributed by atoms with Crippen LogP contribution in [0.5, 0.6) is 0 Å². The van der Waals surface area contributed by atoms with E-state index >= 15 is 0 Å². The van der Waals surface area contributed by atoms with Crippen LogP contribution < -0.4 is 0 Å². The summed E-state index contributed by atoms with van der Waals surface area (Å²) in [5.74, 6) is -0.918. The van der Waals surface area contributed by atoms with E-state index in [2.05, 4.69) is 0 Å². The number of carbonyl (C=O) groups is 1. The molecular weight excluding hydrogens is 236 g/mol. The van der Waals surface area contributed by atoms with Crippen molar-refractivity contribution in [1.82, 2.24) is 0 Å². The van der Waals surface area contributed by atoms with Gasteiger partial charge in [-0.15, -0.1) is 0 Å². The van der Waals surface area contributed by atoms with E-state index in [0.717, 1.165) is 16.7 Å². The van der Waals surface area contributed by atoms with Crippen LogP contribution in [-0.4, -0.2) is 11.1 Å². The predicted octanol–water partition coefficient (Wildman–Crippen LogP) is 4.01. The molecule has 0 saturated carbocycles. The van der Waals surface area contributed by atoms with E-state index in [1.807, 2.05) is 25.1 Å². The summed E-state index contributed by atoms with van der Waals surface area (Å²) in [6, 6.07) is 12.5. The first kappa shape index (κ1) is 11.7. The number of aryl methyl sites for hydroxylation is 1. The summed E-state index contributed by atoms with van der Waals surface area (Å²) in [4.78, 5) is 10.7. The van der Waals surface area contributed by atoms with Crippen LogP contribution in [0.25, 0.3) is 11.1 Å². The molecule has 0 saturated heterocycles. The predicted molar refractivity (Wildman–Crippen MR) is 68.6 cm³/mol. The molecule has 0 bridgehead atoms. The van der Waals surface area contributed by atoms with Gasteiger partial charge in [0.1, 0.15) is 0 Å². The van der Waals surface area contributed by atoms with Gasteiger partial charge < -0.3 is 5.11 Å². The Morgan fingerprint density at radius 3 is 2.18 bits per heavy atom. The normalized spacial score (nSPS) is 10.2. The molecule has 17 heavy (non-hydrogen) atoms. The summed E-state index contributed by atoms with van der Waals surface area (Å²) in [5.41, 5.74) is 3.25. The monoisotopic (exact) mass is 246 g/mol. The molecule has 0 aliphatic heterocycles. The SMILES string of the molecule is Cc1ccc(-c2ccc(C(=O)O)cc2)cc1Cl. The number of carboxylic acids is 1. The van der Waals surface area contributed by atoms with Crippen LogP contribution in [-0.2, 0) is 0 Å². The van der Waals surface area contributed by atoms with Crippen LogP contribution in [0.4, 0.5) is 0 Å². The van der Waals surface area contributed by atoms with Gasteiger partial charge in [0.25, 0.3) is 0 Å². The fourth-order valence-corrected chi connectivity index (χ4v) is 1.76. The molecule has 0 spiro atoms. The second-order valence-electron chi connectivity index (χ2n) is 3.85. The highest BCUT2D eigenvalue weighted by Gasteiger charge is 2.04. The van der Waals surface area contributed by atoms with Gasteiger partial charge in [-0.1, -0.05) is 35.9 Å². The Kier molecular flexibility index (Phi) is 3.16. The fraction of sp³-hybridized carbons (Fsp3) is 0.0714. The zero-order valence-corrected chi connectivity index (χ0v) is 10.0. The minimum Gasteiger partial charge on any atom is -0.478 e. The zero-order chi connectivity index (χ0) is 12.4. The molecule has 1 N–H and O–H groups in total. The fourth-order valence-electron chi connectivity index (χ4n) is 1.58. The molecule has 2 nitrogen and oxygen atoms in total. The van der Waals surface area contributed by atoms with Gasteiger partial charge in [-0.3, -0.25) is 0 Å². The Morgan fingerprint density at radius 1 is 1.06 bits per heavy atom. The summed E-state index contributed by atoms with van der Waals surface area (Å²) < 4.78 is 0. The first-order valence-electron chi connectivity index (χ1n) is 5.18. The van der Waals surface area contributed by atoms with Crippen molar-refractivity contribution in [3.05, 3.63) is 58.6 Å². The van der Waals surface area contributed by atoms with E-state index < -0.39 is 5.97 Å². The largest absolute Gasteiger partial charge is 0.478 e. The van der Waals surface area contributed by atoms with Gasteiger partial charge in [0, 0.05) is 5.02 Å². The van der Waals surface area contributed by atoms with Crippen molar-refractivity contribution in [2.45, 2.75) is 6.92 Å². The molecule has 0 fully saturated rings. The molecule has 2 aromatic rings. The lowest BCUT2D eigenvalue weighted by molar-refractivity contribution is 0.0697. The quantitative estimate of drug-likeness (QED) is 0.869. The molecule has 0 amide bonds. The van der Waals surface area contributed by atoms with Gasteiger partial charge in [0.15, 0.2) is 0 Å². The average Bonchev–Trinajstić information content (AvgIpc) is 2.33. The number of benzene rings is 2. The van der Waals surface area contributed by atoms with E-state index in [1.165, 1.54) is 0 Å². The third-order valence-corrected chi connectivity index (χ3v) is 3.04. The first-order chi connectivity index (χ1) is 8.08. The Morgan fingerprint density at radius 2 is 1.65 bits per heavy atom. The molecular formula is C14H11ClO2. The summed E-state index contributed by atoms with van der Waals surface area (Å²) in [6.07, 6.45) is 0. The minimum atomic E-state index is -0.918. The van der Waals surface area contributed by atoms with E-state index in [4.69, 9.17) is 16.7 Å². The lowest BCUT2D eigenvalue weighted by Crippen LogP contribution is -1.94. The smallest absolute Gasteiger partial charge is 0.335 e. The molecule has 2 rings (SSSR count). The van der Waals surface area contributed by atoms with Gasteiger partial charge in [0.05, 0.1) is 5.56 Å². The maximum Gasteiger partial charge on any atom is 0.335 e. The van der Waals surface area contributed by atoms with Crippen molar-refractivity contribution in [3.63, 3.8) is 0 Å². The average molecular weight is 247 g/mol. The van der Waals surface area contributed by atoms with E-state index in [1.54, 1.807) is 24.3 Å². The Hall–Kier alpha value is -1.80. The van der Waals surface area contributed by atoms with Crippen LogP contribution in [0.15, 0.2) is 42.5 Å². The van der Waals surface area contributed by atoms with Crippen molar-refractivity contribution < 1.29 is 9.90 Å². The Balaban J connectivity index is 2.39. The number of rotatable bonds is 2. The number of hydrogen-bond acceptors (Lipinski definition) is 1. The van der Waals surface area contributed by atoms with Crippen LogP contribution in [0, 0.1) is 6.92 Å². The van der Waals surface area contributed by atoms with Crippen LogP contribution in [0.2, 0.25) is 5.02 Å². The van der Waals surface area contributed by atoms with E-state index in [-0.39, 0.29) is 5.56 Å². The molecule has 0 radical (unpaired) electrons. The van der Waals surface area contributed by atoms with Gasteiger partial charge in [0.2, 0.25) is 0 Å². The summed E-state index contributed by atoms with van der Waals surface area (Å²) in [6.45, 7) is 1.94. The van der Waals surface area contributed by atoms with Crippen LogP contribution in [0.3, 0.4) is 0 Å². The molecule has 0 atom stereocenters. The number of carboxylic acid groups (broad SMARTS) is 1. The van der Waals surface area contributed by atoms with Crippen LogP contribution >= 0.6 is 11.6 Å². The van der Waals surface area contributed by atoms with Crippen LogP contribution in [0.1, 0.15) is 15.9 Å². The van der Waals surface area contributed by atoms with Gasteiger partial charge >= 0.3 is 5.97 Å². The van der Waals surface area contributed by atoms with Crippen molar-refractivity contribution in [2.24, 2.45) is 0 Å². The minimum absolute atomic E-state index is 0.284. The highest BCUT2D eigenvalue weighted by atomic mass is 35.5. The van der Waals surface area contributed by atoms with Gasteiger partial charge in [-0.2, -0.15) is 0 Å². The van der Waals surface area contributed by atoms with Crippen molar-refractivity contribution in [2.75, 3.05) is 0 Å². The second-order valence-corrected chi connectivity index (χ2v) is 4.25. The van der Waals surface area contributed by atoms with Gasteiger partial charge in [-0.25, -0.2) is 4.79 Å². The van der Waals surface area contributed by atoms with E-state index in [9.17, 15) is 4.79 Å². The zero-order valence-electron chi connectivity index (χ0n) is 9.27. The Labute approximate surface area is 104 Å². The molecule has 0 unspecified atom stereocenters. The highest BCUT2D eigenvalue weighted by molar-refractivity contribution is 6.31.